The Morgan fingerprint density at radius 2 is 1.42 bits per heavy atom. The lowest BCUT2D eigenvalue weighted by atomic mass is 10.1. The fourth-order valence-electron chi connectivity index (χ4n) is 3.08. The third-order valence-electron chi connectivity index (χ3n) is 4.53. The number of hydrogen-bond acceptors (Lipinski definition) is 3. The molecule has 0 aromatic rings. The molecule has 0 aromatic heterocycles. The fraction of sp³-hybridized carbons (Fsp3) is 0.941. The van der Waals surface area contributed by atoms with Crippen molar-refractivity contribution < 1.29 is 28.2 Å². The van der Waals surface area contributed by atoms with E-state index < -0.39 is 13.9 Å². The zero-order valence-corrected chi connectivity index (χ0v) is 16.5. The molecule has 0 spiro atoms. The van der Waals surface area contributed by atoms with E-state index in [4.69, 9.17) is 14.3 Å². The zero-order chi connectivity index (χ0) is 18.5. The van der Waals surface area contributed by atoms with Crippen LogP contribution < -0.4 is 0 Å². The number of nitrogens with zero attached hydrogens (tertiary/aromatic N) is 1. The number of aldehydes is 1. The number of quaternary nitrogens is 1. The molecule has 0 aromatic carbocycles. The van der Waals surface area contributed by atoms with Gasteiger partial charge in [0.2, 0.25) is 0 Å². The Hall–Kier alpha value is -0.260. The highest BCUT2D eigenvalue weighted by atomic mass is 31.2. The molecule has 0 rings (SSSR count). The van der Waals surface area contributed by atoms with Crippen molar-refractivity contribution in [2.24, 2.45) is 0 Å². The maximum absolute atomic E-state index is 11.1. The van der Waals surface area contributed by atoms with Crippen LogP contribution in [0.1, 0.15) is 72.1 Å². The van der Waals surface area contributed by atoms with Crippen LogP contribution in [-0.2, 0) is 13.9 Å². The minimum atomic E-state index is -4.56. The molecular weight excluding hydrogens is 329 g/mol. The lowest BCUT2D eigenvalue weighted by molar-refractivity contribution is -0.929. The first kappa shape index (κ1) is 23.7. The Morgan fingerprint density at radius 3 is 1.75 bits per heavy atom. The fourth-order valence-corrected chi connectivity index (χ4v) is 3.66. The topological polar surface area (TPSA) is 83.8 Å². The number of unbranched alkanes of at least 4 members (excludes halogenated alkanes) is 3. The highest BCUT2D eigenvalue weighted by Crippen LogP contribution is 2.39. The van der Waals surface area contributed by atoms with Crippen molar-refractivity contribution in [3.8, 4) is 0 Å². The van der Waals surface area contributed by atoms with Crippen LogP contribution in [0, 0.1) is 0 Å². The van der Waals surface area contributed by atoms with Crippen molar-refractivity contribution in [1.82, 2.24) is 0 Å². The van der Waals surface area contributed by atoms with Gasteiger partial charge in [-0.25, -0.2) is 4.57 Å². The third kappa shape index (κ3) is 11.3. The molecule has 1 unspecified atom stereocenters. The second-order valence-corrected chi connectivity index (χ2v) is 7.90. The van der Waals surface area contributed by atoms with Gasteiger partial charge in [-0.15, -0.1) is 0 Å². The second kappa shape index (κ2) is 13.0. The molecule has 24 heavy (non-hydrogen) atoms. The van der Waals surface area contributed by atoms with Gasteiger partial charge >= 0.3 is 7.82 Å². The van der Waals surface area contributed by atoms with Crippen molar-refractivity contribution in [2.45, 2.75) is 78.2 Å². The van der Waals surface area contributed by atoms with Gasteiger partial charge in [0.1, 0.15) is 6.29 Å². The van der Waals surface area contributed by atoms with Gasteiger partial charge < -0.3 is 19.1 Å². The quantitative estimate of drug-likeness (QED) is 0.247. The molecule has 0 saturated carbocycles. The summed E-state index contributed by atoms with van der Waals surface area (Å²) in [6.07, 6.45) is 7.34. The minimum absolute atomic E-state index is 0.0282. The van der Waals surface area contributed by atoms with Gasteiger partial charge in [0.15, 0.2) is 0 Å². The van der Waals surface area contributed by atoms with Crippen LogP contribution in [-0.4, -0.2) is 52.8 Å². The van der Waals surface area contributed by atoms with Crippen LogP contribution in [0.2, 0.25) is 0 Å². The van der Waals surface area contributed by atoms with E-state index in [-0.39, 0.29) is 6.42 Å². The predicted octanol–water partition coefficient (Wildman–Crippen LogP) is 3.66. The van der Waals surface area contributed by atoms with Gasteiger partial charge in [0, 0.05) is 12.8 Å². The first-order valence-corrected chi connectivity index (χ1v) is 10.9. The minimum Gasteiger partial charge on any atom is -0.324 e. The molecule has 0 aliphatic carbocycles. The summed E-state index contributed by atoms with van der Waals surface area (Å²) >= 11 is 0. The first-order valence-electron chi connectivity index (χ1n) is 9.35. The maximum Gasteiger partial charge on any atom is 0.469 e. The zero-order valence-electron chi connectivity index (χ0n) is 15.7. The molecular formula is C17H37NO5P+. The van der Waals surface area contributed by atoms with E-state index in [0.29, 0.717) is 12.7 Å². The number of phosphoric ester groups is 1. The molecule has 0 fully saturated rings. The van der Waals surface area contributed by atoms with E-state index in [1.165, 1.54) is 0 Å². The molecule has 0 bridgehead atoms. The Labute approximate surface area is 147 Å². The molecule has 0 aliphatic heterocycles. The number of rotatable bonds is 16. The van der Waals surface area contributed by atoms with Crippen molar-refractivity contribution in [3.63, 3.8) is 0 Å². The van der Waals surface area contributed by atoms with Crippen LogP contribution >= 0.6 is 7.82 Å². The Kier molecular flexibility index (Phi) is 12.9. The molecule has 1 atom stereocenters. The summed E-state index contributed by atoms with van der Waals surface area (Å²) in [6, 6.07) is 0. The SMILES string of the molecule is CCCC[N+](CCCC)(CCCC)CCC(CC=O)OP(=O)(O)O. The van der Waals surface area contributed by atoms with Gasteiger partial charge in [-0.1, -0.05) is 40.0 Å². The Morgan fingerprint density at radius 1 is 0.958 bits per heavy atom. The summed E-state index contributed by atoms with van der Waals surface area (Å²) in [5, 5.41) is 0. The normalized spacial score (nSPS) is 13.9. The second-order valence-electron chi connectivity index (χ2n) is 6.71. The third-order valence-corrected chi connectivity index (χ3v) is 5.10. The van der Waals surface area contributed by atoms with Gasteiger partial charge in [-0.05, 0) is 19.3 Å². The number of phosphoric acid groups is 1. The molecule has 6 nitrogen and oxygen atoms in total. The van der Waals surface area contributed by atoms with E-state index in [1.807, 2.05) is 0 Å². The van der Waals surface area contributed by atoms with Gasteiger partial charge in [0.05, 0.1) is 32.3 Å². The monoisotopic (exact) mass is 366 g/mol. The average Bonchev–Trinajstić information content (AvgIpc) is 2.52. The van der Waals surface area contributed by atoms with Crippen molar-refractivity contribution >= 4 is 14.1 Å². The molecule has 2 N–H and O–H groups in total. The molecule has 7 heteroatoms. The van der Waals surface area contributed by atoms with Crippen LogP contribution in [0.15, 0.2) is 0 Å². The van der Waals surface area contributed by atoms with E-state index in [2.05, 4.69) is 20.8 Å². The molecule has 0 saturated heterocycles. The van der Waals surface area contributed by atoms with Gasteiger partial charge in [0.25, 0.3) is 0 Å². The predicted molar refractivity (Wildman–Crippen MR) is 96.7 cm³/mol. The van der Waals surface area contributed by atoms with Gasteiger partial charge in [-0.2, -0.15) is 0 Å². The van der Waals surface area contributed by atoms with Gasteiger partial charge in [-0.3, -0.25) is 4.52 Å². The van der Waals surface area contributed by atoms with E-state index in [9.17, 15) is 9.36 Å². The first-order chi connectivity index (χ1) is 11.3. The highest BCUT2D eigenvalue weighted by Gasteiger charge is 2.29. The summed E-state index contributed by atoms with van der Waals surface area (Å²) in [6.45, 7) is 10.6. The van der Waals surface area contributed by atoms with Crippen molar-refractivity contribution in [2.75, 3.05) is 26.2 Å². The molecule has 0 amide bonds. The molecule has 0 aliphatic rings. The summed E-state index contributed by atoms with van der Waals surface area (Å²) < 4.78 is 16.9. The van der Waals surface area contributed by atoms with Crippen molar-refractivity contribution in [1.29, 1.82) is 0 Å². The number of carbonyl (C=O) groups excluding carboxylic acids is 1. The Bertz CT molecular complexity index is 350. The largest absolute Gasteiger partial charge is 0.469 e. The summed E-state index contributed by atoms with van der Waals surface area (Å²) in [7, 11) is -4.56. The lowest BCUT2D eigenvalue weighted by Gasteiger charge is -2.40. The molecule has 0 heterocycles. The Balaban J connectivity index is 5.00. The van der Waals surface area contributed by atoms with E-state index >= 15 is 0 Å². The number of carbonyl (C=O) groups is 1. The number of hydrogen-bond donors (Lipinski definition) is 2. The smallest absolute Gasteiger partial charge is 0.324 e. The summed E-state index contributed by atoms with van der Waals surface area (Å²) in [5.74, 6) is 0. The van der Waals surface area contributed by atoms with E-state index in [1.54, 1.807) is 0 Å². The van der Waals surface area contributed by atoms with Crippen molar-refractivity contribution in [3.05, 3.63) is 0 Å². The van der Waals surface area contributed by atoms with E-state index in [0.717, 1.165) is 69.2 Å². The highest BCUT2D eigenvalue weighted by molar-refractivity contribution is 7.46. The van der Waals surface area contributed by atoms with Crippen LogP contribution in [0.4, 0.5) is 0 Å². The average molecular weight is 366 g/mol. The summed E-state index contributed by atoms with van der Waals surface area (Å²) in [4.78, 5) is 28.9. The standard InChI is InChI=1S/C17H36NO5P/c1-4-7-12-18(13-8-5-2,14-9-6-3)15-10-17(11-16-19)23-24(20,21)22/h16-17H,4-15H2,1-3H3,(H-,20,21,22)/p+1. The molecule has 144 valence electrons. The summed E-state index contributed by atoms with van der Waals surface area (Å²) in [5.41, 5.74) is 0. The molecule has 0 radical (unpaired) electrons. The van der Waals surface area contributed by atoms with Crippen LogP contribution in [0.5, 0.6) is 0 Å². The van der Waals surface area contributed by atoms with Crippen LogP contribution in [0.3, 0.4) is 0 Å². The van der Waals surface area contributed by atoms with Crippen LogP contribution in [0.25, 0.3) is 0 Å². The maximum atomic E-state index is 11.1. The lowest BCUT2D eigenvalue weighted by Crippen LogP contribution is -2.51.